The summed E-state index contributed by atoms with van der Waals surface area (Å²) < 4.78 is 26.4. The number of rotatable bonds is 4. The number of allylic oxidation sites excluding steroid dienone is 2. The SMILES string of the molecule is O=C1C2CC=CCC2C(=O)N1C1CN(S(=O)(=O)Cc2ccc(Cl)cc2)C1. The normalized spacial score (nSPS) is 26.9. The van der Waals surface area contributed by atoms with Gasteiger partial charge in [0.05, 0.1) is 23.6 Å². The average molecular weight is 395 g/mol. The maximum atomic E-state index is 12.6. The Morgan fingerprint density at radius 3 is 2.04 bits per heavy atom. The number of benzene rings is 1. The van der Waals surface area contributed by atoms with Gasteiger partial charge in [0.1, 0.15) is 0 Å². The topological polar surface area (TPSA) is 74.8 Å². The van der Waals surface area contributed by atoms with E-state index in [0.29, 0.717) is 23.4 Å². The highest BCUT2D eigenvalue weighted by atomic mass is 35.5. The molecule has 3 aliphatic rings. The first-order valence-corrected chi connectivity index (χ1v) is 10.6. The first kappa shape index (κ1) is 17.7. The molecule has 0 N–H and O–H groups in total. The van der Waals surface area contributed by atoms with Crippen molar-refractivity contribution in [2.45, 2.75) is 24.6 Å². The Morgan fingerprint density at radius 1 is 0.962 bits per heavy atom. The van der Waals surface area contributed by atoms with Crippen molar-refractivity contribution in [1.82, 2.24) is 9.21 Å². The fraction of sp³-hybridized carbons (Fsp3) is 0.444. The number of imide groups is 1. The molecule has 0 saturated carbocycles. The number of carbonyl (C=O) groups is 2. The molecule has 138 valence electrons. The van der Waals surface area contributed by atoms with Crippen molar-refractivity contribution < 1.29 is 18.0 Å². The van der Waals surface area contributed by atoms with Crippen LogP contribution in [0.25, 0.3) is 0 Å². The maximum Gasteiger partial charge on any atom is 0.233 e. The molecule has 2 heterocycles. The van der Waals surface area contributed by atoms with Crippen LogP contribution in [0.5, 0.6) is 0 Å². The van der Waals surface area contributed by atoms with Crippen LogP contribution >= 0.6 is 11.6 Å². The second kappa shape index (κ2) is 6.48. The highest BCUT2D eigenvalue weighted by Gasteiger charge is 2.53. The number of nitrogens with zero attached hydrogens (tertiary/aromatic N) is 2. The summed E-state index contributed by atoms with van der Waals surface area (Å²) in [4.78, 5) is 26.4. The smallest absolute Gasteiger partial charge is 0.233 e. The Morgan fingerprint density at radius 2 is 1.50 bits per heavy atom. The van der Waals surface area contributed by atoms with E-state index in [-0.39, 0.29) is 48.5 Å². The maximum absolute atomic E-state index is 12.6. The van der Waals surface area contributed by atoms with Gasteiger partial charge < -0.3 is 0 Å². The van der Waals surface area contributed by atoms with Crippen molar-refractivity contribution in [3.8, 4) is 0 Å². The minimum atomic E-state index is -3.48. The molecular weight excluding hydrogens is 376 g/mol. The molecule has 8 heteroatoms. The van der Waals surface area contributed by atoms with E-state index in [1.165, 1.54) is 9.21 Å². The summed E-state index contributed by atoms with van der Waals surface area (Å²) in [5.41, 5.74) is 0.656. The fourth-order valence-electron chi connectivity index (χ4n) is 3.88. The van der Waals surface area contributed by atoms with E-state index in [9.17, 15) is 18.0 Å². The monoisotopic (exact) mass is 394 g/mol. The lowest BCUT2D eigenvalue weighted by molar-refractivity contribution is -0.145. The second-order valence-electron chi connectivity index (χ2n) is 7.06. The van der Waals surface area contributed by atoms with E-state index in [4.69, 9.17) is 11.6 Å². The van der Waals surface area contributed by atoms with Crippen molar-refractivity contribution in [2.75, 3.05) is 13.1 Å². The molecule has 0 spiro atoms. The summed E-state index contributed by atoms with van der Waals surface area (Å²) in [5.74, 6) is -0.957. The zero-order chi connectivity index (χ0) is 18.5. The highest BCUT2D eigenvalue weighted by molar-refractivity contribution is 7.88. The van der Waals surface area contributed by atoms with Crippen molar-refractivity contribution >= 4 is 33.4 Å². The van der Waals surface area contributed by atoms with Crippen molar-refractivity contribution in [3.63, 3.8) is 0 Å². The standard InChI is InChI=1S/C18H19ClN2O4S/c19-13-7-5-12(6-8-13)11-26(24,25)20-9-14(10-20)21-17(22)15-3-1-2-4-16(15)18(21)23/h1-2,5-8,14-16H,3-4,9-11H2. The Hall–Kier alpha value is -1.70. The van der Waals surface area contributed by atoms with E-state index in [2.05, 4.69) is 0 Å². The van der Waals surface area contributed by atoms with Gasteiger partial charge in [0.2, 0.25) is 21.8 Å². The van der Waals surface area contributed by atoms with Crippen LogP contribution in [0.1, 0.15) is 18.4 Å². The van der Waals surface area contributed by atoms with Gasteiger partial charge in [-0.15, -0.1) is 0 Å². The molecule has 0 radical (unpaired) electrons. The first-order chi connectivity index (χ1) is 12.4. The molecule has 2 unspecified atom stereocenters. The van der Waals surface area contributed by atoms with Crippen LogP contribution in [0.15, 0.2) is 36.4 Å². The van der Waals surface area contributed by atoms with Crippen LogP contribution in [0.3, 0.4) is 0 Å². The molecule has 2 aliphatic heterocycles. The van der Waals surface area contributed by atoms with E-state index in [0.717, 1.165) is 0 Å². The molecular formula is C18H19ClN2O4S. The second-order valence-corrected chi connectivity index (χ2v) is 9.46. The average Bonchev–Trinajstić information content (AvgIpc) is 2.81. The Kier molecular flexibility index (Phi) is 4.41. The number of amides is 2. The van der Waals surface area contributed by atoms with Crippen molar-refractivity contribution in [1.29, 1.82) is 0 Å². The van der Waals surface area contributed by atoms with Gasteiger partial charge >= 0.3 is 0 Å². The molecule has 0 aromatic heterocycles. The van der Waals surface area contributed by atoms with E-state index >= 15 is 0 Å². The lowest BCUT2D eigenvalue weighted by atomic mass is 9.85. The summed E-state index contributed by atoms with van der Waals surface area (Å²) in [6.07, 6.45) is 5.08. The number of halogens is 1. The summed E-state index contributed by atoms with van der Waals surface area (Å²) in [7, 11) is -3.48. The van der Waals surface area contributed by atoms with Gasteiger partial charge in [-0.2, -0.15) is 4.31 Å². The molecule has 4 rings (SSSR count). The fourth-order valence-corrected chi connectivity index (χ4v) is 5.60. The molecule has 1 aliphatic carbocycles. The number of carbonyl (C=O) groups excluding carboxylic acids is 2. The predicted octanol–water partition coefficient (Wildman–Crippen LogP) is 1.81. The number of hydrogen-bond donors (Lipinski definition) is 0. The predicted molar refractivity (Wildman–Crippen MR) is 96.6 cm³/mol. The largest absolute Gasteiger partial charge is 0.276 e. The molecule has 2 saturated heterocycles. The third kappa shape index (κ3) is 2.98. The Balaban J connectivity index is 1.41. The van der Waals surface area contributed by atoms with Crippen LogP contribution in [0, 0.1) is 11.8 Å². The Bertz CT molecular complexity index is 849. The number of fused-ring (bicyclic) bond motifs is 1. The third-order valence-electron chi connectivity index (χ3n) is 5.39. The van der Waals surface area contributed by atoms with Gasteiger partial charge in [-0.1, -0.05) is 35.9 Å². The highest BCUT2D eigenvalue weighted by Crippen LogP contribution is 2.38. The van der Waals surface area contributed by atoms with Crippen molar-refractivity contribution in [2.24, 2.45) is 11.8 Å². The quantitative estimate of drug-likeness (QED) is 0.576. The number of likely N-dealkylation sites (tertiary alicyclic amines) is 1. The lowest BCUT2D eigenvalue weighted by Gasteiger charge is -2.42. The van der Waals surface area contributed by atoms with Crippen LogP contribution < -0.4 is 0 Å². The van der Waals surface area contributed by atoms with E-state index in [1.807, 2.05) is 12.2 Å². The van der Waals surface area contributed by atoms with Gasteiger partial charge in [-0.05, 0) is 30.5 Å². The minimum Gasteiger partial charge on any atom is -0.276 e. The van der Waals surface area contributed by atoms with Gasteiger partial charge in [-0.25, -0.2) is 8.42 Å². The minimum absolute atomic E-state index is 0.117. The summed E-state index contributed by atoms with van der Waals surface area (Å²) in [6, 6.07) is 6.33. The van der Waals surface area contributed by atoms with E-state index < -0.39 is 10.0 Å². The van der Waals surface area contributed by atoms with Crippen molar-refractivity contribution in [3.05, 3.63) is 47.0 Å². The Labute approximate surface area is 157 Å². The van der Waals surface area contributed by atoms with Crippen LogP contribution in [0.2, 0.25) is 5.02 Å². The summed E-state index contributed by atoms with van der Waals surface area (Å²) >= 11 is 5.82. The van der Waals surface area contributed by atoms with Gasteiger partial charge in [0.25, 0.3) is 0 Å². The molecule has 6 nitrogen and oxygen atoms in total. The molecule has 2 amide bonds. The lowest BCUT2D eigenvalue weighted by Crippen LogP contribution is -2.62. The number of hydrogen-bond acceptors (Lipinski definition) is 4. The van der Waals surface area contributed by atoms with Crippen LogP contribution in [-0.2, 0) is 25.4 Å². The molecule has 1 aromatic rings. The van der Waals surface area contributed by atoms with E-state index in [1.54, 1.807) is 24.3 Å². The molecule has 26 heavy (non-hydrogen) atoms. The zero-order valence-corrected chi connectivity index (χ0v) is 15.6. The molecule has 0 bridgehead atoms. The number of sulfonamides is 1. The summed E-state index contributed by atoms with van der Waals surface area (Å²) in [5, 5.41) is 0.553. The molecule has 2 atom stereocenters. The van der Waals surface area contributed by atoms with Crippen LogP contribution in [-0.4, -0.2) is 48.6 Å². The zero-order valence-electron chi connectivity index (χ0n) is 14.0. The first-order valence-electron chi connectivity index (χ1n) is 8.61. The molecule has 1 aromatic carbocycles. The van der Waals surface area contributed by atoms with Gasteiger partial charge in [-0.3, -0.25) is 14.5 Å². The van der Waals surface area contributed by atoms with Crippen LogP contribution in [0.4, 0.5) is 0 Å². The van der Waals surface area contributed by atoms with Gasteiger partial charge in [0, 0.05) is 18.1 Å². The summed E-state index contributed by atoms with van der Waals surface area (Å²) in [6.45, 7) is 0.362. The van der Waals surface area contributed by atoms with Gasteiger partial charge in [0.15, 0.2) is 0 Å². The molecule has 2 fully saturated rings. The third-order valence-corrected chi connectivity index (χ3v) is 7.43.